The number of fused-ring (bicyclic) bond motifs is 1. The van der Waals surface area contributed by atoms with Gasteiger partial charge in [-0.1, -0.05) is 0 Å². The maximum atomic E-state index is 13.2. The van der Waals surface area contributed by atoms with Gasteiger partial charge in [0, 0.05) is 63.5 Å². The highest BCUT2D eigenvalue weighted by Crippen LogP contribution is 2.39. The first-order chi connectivity index (χ1) is 19.6. The minimum atomic E-state index is -4.51. The van der Waals surface area contributed by atoms with E-state index in [1.54, 1.807) is 35.1 Å². The quantitative estimate of drug-likeness (QED) is 0.344. The molecule has 214 valence electrons. The van der Waals surface area contributed by atoms with Crippen molar-refractivity contribution in [1.29, 1.82) is 5.26 Å². The summed E-state index contributed by atoms with van der Waals surface area (Å²) in [4.78, 5) is 15.1. The highest BCUT2D eigenvalue weighted by atomic mass is 19.4. The van der Waals surface area contributed by atoms with Gasteiger partial charge in [0.05, 0.1) is 35.6 Å². The summed E-state index contributed by atoms with van der Waals surface area (Å²) in [5.74, 6) is 0.328. The molecule has 2 N–H and O–H groups in total. The first-order valence-electron chi connectivity index (χ1n) is 13.1. The maximum Gasteiger partial charge on any atom is 0.419 e. The van der Waals surface area contributed by atoms with E-state index >= 15 is 0 Å². The van der Waals surface area contributed by atoms with E-state index < -0.39 is 23.5 Å². The number of likely N-dealkylation sites (N-methyl/N-ethyl adjacent to an activating group) is 1. The van der Waals surface area contributed by atoms with Crippen LogP contribution >= 0.6 is 0 Å². The minimum absolute atomic E-state index is 0.00937. The summed E-state index contributed by atoms with van der Waals surface area (Å²) in [6.45, 7) is 3.79. The number of pyridine rings is 2. The number of aromatic nitrogens is 6. The van der Waals surface area contributed by atoms with Crippen LogP contribution in [-0.4, -0.2) is 90.6 Å². The lowest BCUT2D eigenvalue weighted by atomic mass is 9.86. The second-order valence-corrected chi connectivity index (χ2v) is 10.5. The third-order valence-electron chi connectivity index (χ3n) is 7.64. The Morgan fingerprint density at radius 3 is 2.68 bits per heavy atom. The summed E-state index contributed by atoms with van der Waals surface area (Å²) >= 11 is 0. The SMILES string of the molecule is CN1CCN(C(O)c2cc(Nc3nc4c(N5CC(CC#N)(n6cc(C(F)(F)F)cn6)C5)cccn4n3)ccn2)CC1. The van der Waals surface area contributed by atoms with Crippen molar-refractivity contribution in [2.24, 2.45) is 0 Å². The van der Waals surface area contributed by atoms with Crippen molar-refractivity contribution >= 4 is 23.0 Å². The molecule has 0 bridgehead atoms. The van der Waals surface area contributed by atoms with Crippen LogP contribution in [0.4, 0.5) is 30.5 Å². The summed E-state index contributed by atoms with van der Waals surface area (Å²) in [6, 6.07) is 9.27. The average Bonchev–Trinajstić information content (AvgIpc) is 3.58. The topological polar surface area (TPSA) is 127 Å². The van der Waals surface area contributed by atoms with E-state index in [-0.39, 0.29) is 19.5 Å². The van der Waals surface area contributed by atoms with Gasteiger partial charge >= 0.3 is 6.18 Å². The van der Waals surface area contributed by atoms with E-state index in [1.165, 1.54) is 4.68 Å². The van der Waals surface area contributed by atoms with Crippen LogP contribution in [-0.2, 0) is 11.7 Å². The zero-order valence-electron chi connectivity index (χ0n) is 22.2. The van der Waals surface area contributed by atoms with E-state index in [0.29, 0.717) is 23.0 Å². The molecule has 2 aliphatic rings. The lowest BCUT2D eigenvalue weighted by Crippen LogP contribution is -2.63. The zero-order chi connectivity index (χ0) is 28.8. The number of piperazine rings is 1. The molecule has 0 amide bonds. The largest absolute Gasteiger partial charge is 0.419 e. The highest BCUT2D eigenvalue weighted by molar-refractivity contribution is 5.72. The van der Waals surface area contributed by atoms with Crippen molar-refractivity contribution in [3.8, 4) is 6.07 Å². The van der Waals surface area contributed by atoms with Crippen LogP contribution in [0.15, 0.2) is 49.1 Å². The molecular formula is C26H28F3N11O. The second kappa shape index (κ2) is 10.3. The van der Waals surface area contributed by atoms with Crippen LogP contribution in [0.25, 0.3) is 5.65 Å². The molecule has 0 aliphatic carbocycles. The number of nitrogens with one attached hydrogen (secondary N) is 1. The highest BCUT2D eigenvalue weighted by Gasteiger charge is 2.47. The number of alkyl halides is 3. The van der Waals surface area contributed by atoms with Gasteiger partial charge in [-0.3, -0.25) is 14.6 Å². The van der Waals surface area contributed by atoms with Crippen molar-refractivity contribution in [1.82, 2.24) is 39.2 Å². The van der Waals surface area contributed by atoms with Gasteiger partial charge in [0.1, 0.15) is 5.54 Å². The molecule has 4 aromatic rings. The molecule has 0 saturated carbocycles. The van der Waals surface area contributed by atoms with E-state index in [2.05, 4.69) is 43.5 Å². The first-order valence-corrected chi connectivity index (χ1v) is 13.1. The molecule has 15 heteroatoms. The number of hydrogen-bond acceptors (Lipinski definition) is 10. The number of aliphatic hydroxyl groups is 1. The van der Waals surface area contributed by atoms with Gasteiger partial charge in [-0.25, -0.2) is 4.52 Å². The number of halogens is 3. The molecule has 1 atom stereocenters. The predicted octanol–water partition coefficient (Wildman–Crippen LogP) is 2.45. The van der Waals surface area contributed by atoms with Gasteiger partial charge < -0.3 is 20.2 Å². The Labute approximate surface area is 233 Å². The first kappa shape index (κ1) is 26.9. The standard InChI is InChI=1S/C26H28F3N11O/c1-36-9-11-37(12-10-36)23(41)20-13-19(4-7-31-20)33-24-34-22-21(3-2-8-39(22)35-24)38-16-25(17-38,5-6-30)40-15-18(14-32-40)26(27,28)29/h2-4,7-8,13-15,23,41H,5,9-12,16-17H2,1H3,(H,31,33,35). The summed E-state index contributed by atoms with van der Waals surface area (Å²) in [5, 5.41) is 31.9. The maximum absolute atomic E-state index is 13.2. The van der Waals surface area contributed by atoms with Crippen LogP contribution in [0.2, 0.25) is 0 Å². The van der Waals surface area contributed by atoms with Crippen molar-refractivity contribution in [2.45, 2.75) is 24.4 Å². The van der Waals surface area contributed by atoms with Gasteiger partial charge in [0.25, 0.3) is 0 Å². The molecule has 0 aromatic carbocycles. The van der Waals surface area contributed by atoms with E-state index in [1.807, 2.05) is 15.9 Å². The minimum Gasteiger partial charge on any atom is -0.372 e. The molecule has 6 heterocycles. The third kappa shape index (κ3) is 5.17. The average molecular weight is 568 g/mol. The number of nitrogens with zero attached hydrogens (tertiary/aromatic N) is 10. The van der Waals surface area contributed by atoms with Gasteiger partial charge in [-0.05, 0) is 31.3 Å². The molecule has 6 rings (SSSR count). The number of rotatable bonds is 7. The molecule has 1 unspecified atom stereocenters. The van der Waals surface area contributed by atoms with Gasteiger partial charge in [-0.2, -0.15) is 28.5 Å². The van der Waals surface area contributed by atoms with Crippen molar-refractivity contribution < 1.29 is 18.3 Å². The fraction of sp³-hybridized carbons (Fsp3) is 0.423. The van der Waals surface area contributed by atoms with E-state index in [9.17, 15) is 23.5 Å². The van der Waals surface area contributed by atoms with Crippen molar-refractivity contribution in [3.63, 3.8) is 0 Å². The van der Waals surface area contributed by atoms with Crippen LogP contribution in [0.5, 0.6) is 0 Å². The van der Waals surface area contributed by atoms with Crippen molar-refractivity contribution in [2.75, 3.05) is 56.5 Å². The molecule has 0 spiro atoms. The molecule has 4 aromatic heterocycles. The Kier molecular flexibility index (Phi) is 6.76. The Morgan fingerprint density at radius 2 is 1.98 bits per heavy atom. The van der Waals surface area contributed by atoms with Gasteiger partial charge in [0.15, 0.2) is 11.9 Å². The number of nitriles is 1. The summed E-state index contributed by atoms with van der Waals surface area (Å²) in [5.41, 5.74) is 0.723. The van der Waals surface area contributed by atoms with Crippen LogP contribution in [0.3, 0.4) is 0 Å². The molecular weight excluding hydrogens is 539 g/mol. The second-order valence-electron chi connectivity index (χ2n) is 10.5. The Hall–Kier alpha value is -4.26. The van der Waals surface area contributed by atoms with Crippen LogP contribution in [0, 0.1) is 11.3 Å². The lowest BCUT2D eigenvalue weighted by molar-refractivity contribution is -0.137. The summed E-state index contributed by atoms with van der Waals surface area (Å²) < 4.78 is 42.3. The van der Waals surface area contributed by atoms with Crippen LogP contribution < -0.4 is 10.2 Å². The summed E-state index contributed by atoms with van der Waals surface area (Å²) in [6.07, 6.45) is -0.219. The smallest absolute Gasteiger partial charge is 0.372 e. The number of hydrogen-bond donors (Lipinski definition) is 2. The molecule has 41 heavy (non-hydrogen) atoms. The fourth-order valence-corrected chi connectivity index (χ4v) is 5.29. The summed E-state index contributed by atoms with van der Waals surface area (Å²) in [7, 11) is 2.05. The zero-order valence-corrected chi connectivity index (χ0v) is 22.2. The fourth-order valence-electron chi connectivity index (χ4n) is 5.29. The molecule has 2 aliphatic heterocycles. The molecule has 2 saturated heterocycles. The monoisotopic (exact) mass is 567 g/mol. The van der Waals surface area contributed by atoms with Gasteiger partial charge in [-0.15, -0.1) is 5.10 Å². The lowest BCUT2D eigenvalue weighted by Gasteiger charge is -2.50. The Bertz CT molecular complexity index is 1580. The third-order valence-corrected chi connectivity index (χ3v) is 7.64. The Morgan fingerprint density at radius 1 is 1.20 bits per heavy atom. The van der Waals surface area contributed by atoms with Crippen LogP contribution in [0.1, 0.15) is 23.9 Å². The normalized spacial score (nSPS) is 18.7. The molecule has 0 radical (unpaired) electrons. The number of aliphatic hydroxyl groups excluding tert-OH is 1. The van der Waals surface area contributed by atoms with Gasteiger partial charge in [0.2, 0.25) is 5.95 Å². The van der Waals surface area contributed by atoms with Crippen molar-refractivity contribution in [3.05, 3.63) is 60.3 Å². The molecule has 2 fully saturated rings. The Balaban J connectivity index is 1.20. The predicted molar refractivity (Wildman–Crippen MR) is 142 cm³/mol. The number of anilines is 3. The van der Waals surface area contributed by atoms with E-state index in [4.69, 9.17) is 0 Å². The van der Waals surface area contributed by atoms with E-state index in [0.717, 1.165) is 44.3 Å². The molecule has 12 nitrogen and oxygen atoms in total.